The minimum Gasteiger partial charge on any atom is -0.394 e. The van der Waals surface area contributed by atoms with Crippen molar-refractivity contribution in [1.29, 1.82) is 0 Å². The van der Waals surface area contributed by atoms with E-state index in [1.54, 1.807) is 60.7 Å². The molecule has 0 saturated carbocycles. The van der Waals surface area contributed by atoms with E-state index in [2.05, 4.69) is 73.8 Å². The van der Waals surface area contributed by atoms with Crippen molar-refractivity contribution in [3.63, 3.8) is 0 Å². The van der Waals surface area contributed by atoms with Crippen molar-refractivity contribution in [2.24, 2.45) is 55.9 Å². The number of hydrogen-bond donors (Lipinski definition) is 22. The summed E-state index contributed by atoms with van der Waals surface area (Å²) in [7, 11) is 0. The Morgan fingerprint density at radius 3 is 1.27 bits per heavy atom. The summed E-state index contributed by atoms with van der Waals surface area (Å²) in [4.78, 5) is 181. The van der Waals surface area contributed by atoms with Gasteiger partial charge in [0.1, 0.15) is 54.4 Å². The number of nitrogens with one attached hydrogen (secondary N) is 12. The molecule has 0 radical (unpaired) electrons. The third-order valence-electron chi connectivity index (χ3n) is 14.6. The number of carbonyl (C=O) groups excluding carboxylic acids is 13. The van der Waals surface area contributed by atoms with E-state index in [1.165, 1.54) is 20.8 Å². The molecule has 0 heterocycles. The molecule has 0 aromatic heterocycles. The van der Waals surface area contributed by atoms with Crippen molar-refractivity contribution in [3.8, 4) is 0 Å². The molecule has 37 nitrogen and oxygen atoms in total. The standard InChI is InChI=1S/C61H100N22O15/c1-34(75-47(87)32-74-59(98)49(36(3)85)83-57(96)44(29-38-18-8-5-9-19-38)77-48(88)31-72-46(86)30-73-53(92)39(64)28-37-16-6-4-7-17-37)51(90)79-43(23-15-27-71-61(68)69)55(94)81-41(21-11-13-25-63)56(95)82-45(33-84)58(97)76-35(2)52(91)80-42(22-14-26-70-60(66)67)54(93)78-40(50(65)89)20-10-12-24-62/h4-9,16-19,34-36,39-45,49,84-85H,10-15,20-33,62-64H2,1-3H3,(H2,65,89)(H,72,86)(H,73,92)(H,74,98)(H,75,87)(H,76,97)(H,77,88)(H,78,93)(H,79,90)(H,80,91)(H,81,94)(H,82,95)(H,83,96)(H4,66,67,70)(H4,68,69,71)/t34-,35-,36-,39+,40-,41-,42+,43+,44+,45-,49-/m1/s1. The Kier molecular flexibility index (Phi) is 39.5. The number of amides is 13. The molecule has 2 aromatic rings. The zero-order chi connectivity index (χ0) is 73.3. The van der Waals surface area contributed by atoms with Gasteiger partial charge in [0, 0.05) is 19.5 Å². The second-order valence-corrected chi connectivity index (χ2v) is 22.9. The summed E-state index contributed by atoms with van der Waals surface area (Å²) in [5.41, 5.74) is 46.0. The van der Waals surface area contributed by atoms with E-state index in [0.29, 0.717) is 31.4 Å². The average molecular weight is 1380 g/mol. The van der Waals surface area contributed by atoms with E-state index < -0.39 is 170 Å². The Morgan fingerprint density at radius 1 is 0.408 bits per heavy atom. The maximum absolute atomic E-state index is 14.1. The third-order valence-corrected chi connectivity index (χ3v) is 14.6. The predicted octanol–water partition coefficient (Wildman–Crippen LogP) is -9.23. The number of unbranched alkanes of at least 4 members (excludes halogenated alkanes) is 2. The van der Waals surface area contributed by atoms with Crippen LogP contribution < -0.4 is 110 Å². The molecule has 98 heavy (non-hydrogen) atoms. The number of aliphatic hydroxyl groups excluding tert-OH is 2. The van der Waals surface area contributed by atoms with Gasteiger partial charge >= 0.3 is 0 Å². The lowest BCUT2D eigenvalue weighted by atomic mass is 10.0. The maximum atomic E-state index is 14.1. The molecule has 30 N–H and O–H groups in total. The number of aliphatic hydroxyl groups is 2. The van der Waals surface area contributed by atoms with Crippen molar-refractivity contribution in [3.05, 3.63) is 71.8 Å². The molecule has 0 aliphatic carbocycles. The largest absolute Gasteiger partial charge is 0.394 e. The lowest BCUT2D eigenvalue weighted by Gasteiger charge is -2.26. The maximum Gasteiger partial charge on any atom is 0.245 e. The predicted molar refractivity (Wildman–Crippen MR) is 360 cm³/mol. The number of primary amides is 1. The molecule has 0 aliphatic heterocycles. The van der Waals surface area contributed by atoms with E-state index in [9.17, 15) is 72.5 Å². The summed E-state index contributed by atoms with van der Waals surface area (Å²) in [6.45, 7) is 1.22. The number of nitrogens with zero attached hydrogens (tertiary/aromatic N) is 2. The monoisotopic (exact) mass is 1380 g/mol. The van der Waals surface area contributed by atoms with E-state index in [0.717, 1.165) is 5.56 Å². The lowest BCUT2D eigenvalue weighted by molar-refractivity contribution is -0.136. The van der Waals surface area contributed by atoms with Crippen LogP contribution in [0, 0.1) is 0 Å². The molecule has 0 spiro atoms. The van der Waals surface area contributed by atoms with Crippen LogP contribution >= 0.6 is 0 Å². The highest BCUT2D eigenvalue weighted by Crippen LogP contribution is 2.10. The van der Waals surface area contributed by atoms with Gasteiger partial charge in [0.2, 0.25) is 76.8 Å². The van der Waals surface area contributed by atoms with Gasteiger partial charge in [0.15, 0.2) is 11.9 Å². The number of carbonyl (C=O) groups is 13. The Morgan fingerprint density at radius 2 is 0.796 bits per heavy atom. The van der Waals surface area contributed by atoms with Gasteiger partial charge in [0.25, 0.3) is 0 Å². The zero-order valence-electron chi connectivity index (χ0n) is 55.5. The molecule has 544 valence electrons. The van der Waals surface area contributed by atoms with E-state index in [-0.39, 0.29) is 89.3 Å². The van der Waals surface area contributed by atoms with Crippen molar-refractivity contribution in [2.75, 3.05) is 52.4 Å². The van der Waals surface area contributed by atoms with Crippen LogP contribution in [-0.4, -0.2) is 218 Å². The fraction of sp³-hybridized carbons (Fsp3) is 0.557. The molecule has 11 atom stereocenters. The highest BCUT2D eigenvalue weighted by atomic mass is 16.3. The van der Waals surface area contributed by atoms with Gasteiger partial charge < -0.3 is 120 Å². The van der Waals surface area contributed by atoms with Crippen LogP contribution in [0.5, 0.6) is 0 Å². The van der Waals surface area contributed by atoms with Crippen LogP contribution in [0.2, 0.25) is 0 Å². The summed E-state index contributed by atoms with van der Waals surface area (Å²) in [6, 6.07) is 3.43. The topological polar surface area (TPSA) is 640 Å². The normalized spacial score (nSPS) is 14.2. The minimum absolute atomic E-state index is 0.0249. The molecule has 13 amide bonds. The first-order chi connectivity index (χ1) is 46.5. The Balaban J connectivity index is 2.18. The highest BCUT2D eigenvalue weighted by Gasteiger charge is 2.34. The first-order valence-electron chi connectivity index (χ1n) is 32.0. The molecule has 0 unspecified atom stereocenters. The van der Waals surface area contributed by atoms with Crippen molar-refractivity contribution < 1.29 is 72.5 Å². The summed E-state index contributed by atoms with van der Waals surface area (Å²) < 4.78 is 0. The number of aliphatic imine (C=N–C) groups is 2. The Bertz CT molecular complexity index is 2990. The average Bonchev–Trinajstić information content (AvgIpc) is 0.887. The quantitative estimate of drug-likeness (QED) is 0.0166. The summed E-state index contributed by atoms with van der Waals surface area (Å²) in [6.07, 6.45) is 0.241. The molecule has 37 heteroatoms. The van der Waals surface area contributed by atoms with Gasteiger partial charge in [-0.1, -0.05) is 60.7 Å². The van der Waals surface area contributed by atoms with Crippen LogP contribution in [0.25, 0.3) is 0 Å². The van der Waals surface area contributed by atoms with Crippen molar-refractivity contribution in [2.45, 2.75) is 164 Å². The zero-order valence-corrected chi connectivity index (χ0v) is 55.5. The molecule has 0 bridgehead atoms. The molecule has 0 saturated heterocycles. The Labute approximate surface area is 567 Å². The second kappa shape index (κ2) is 46.1. The number of hydrogen-bond acceptors (Lipinski definition) is 20. The lowest BCUT2D eigenvalue weighted by Crippen LogP contribution is -2.60. The highest BCUT2D eigenvalue weighted by molar-refractivity contribution is 5.99. The smallest absolute Gasteiger partial charge is 0.245 e. The van der Waals surface area contributed by atoms with E-state index in [4.69, 9.17) is 45.9 Å². The van der Waals surface area contributed by atoms with Crippen molar-refractivity contribution >= 4 is 88.7 Å². The number of rotatable bonds is 47. The van der Waals surface area contributed by atoms with Crippen molar-refractivity contribution in [1.82, 2.24) is 63.8 Å². The molecule has 2 rings (SSSR count). The van der Waals surface area contributed by atoms with Crippen LogP contribution in [0.3, 0.4) is 0 Å². The van der Waals surface area contributed by atoms with Gasteiger partial charge in [-0.2, -0.15) is 0 Å². The molecule has 2 aromatic carbocycles. The number of nitrogens with two attached hydrogens (primary N) is 8. The third kappa shape index (κ3) is 34.0. The summed E-state index contributed by atoms with van der Waals surface area (Å²) in [5, 5.41) is 50.1. The molecule has 0 aliphatic rings. The van der Waals surface area contributed by atoms with Gasteiger partial charge in [-0.3, -0.25) is 72.3 Å². The minimum atomic E-state index is -1.73. The molecular weight excluding hydrogens is 1280 g/mol. The second-order valence-electron chi connectivity index (χ2n) is 22.9. The van der Waals surface area contributed by atoms with Gasteiger partial charge in [-0.15, -0.1) is 0 Å². The van der Waals surface area contributed by atoms with Crippen LogP contribution in [0.15, 0.2) is 70.6 Å². The van der Waals surface area contributed by atoms with Gasteiger partial charge in [0.05, 0.1) is 38.4 Å². The molecular formula is C61H100N22O15. The number of benzene rings is 2. The Hall–Kier alpha value is -10.1. The fourth-order valence-electron chi connectivity index (χ4n) is 9.17. The van der Waals surface area contributed by atoms with Crippen LogP contribution in [-0.2, 0) is 75.2 Å². The first kappa shape index (κ1) is 84.0. The van der Waals surface area contributed by atoms with E-state index in [1.807, 2.05) is 0 Å². The van der Waals surface area contributed by atoms with Gasteiger partial charge in [-0.25, -0.2) is 0 Å². The molecule has 0 fully saturated rings. The fourth-order valence-corrected chi connectivity index (χ4v) is 9.17. The van der Waals surface area contributed by atoms with Crippen LogP contribution in [0.1, 0.15) is 96.1 Å². The van der Waals surface area contributed by atoms with Crippen LogP contribution in [0.4, 0.5) is 0 Å². The summed E-state index contributed by atoms with van der Waals surface area (Å²) >= 11 is 0. The van der Waals surface area contributed by atoms with Gasteiger partial charge in [-0.05, 0) is 116 Å². The number of guanidine groups is 2. The van der Waals surface area contributed by atoms with E-state index >= 15 is 0 Å². The summed E-state index contributed by atoms with van der Waals surface area (Å²) in [5.74, 6) is -12.1. The first-order valence-corrected chi connectivity index (χ1v) is 32.0. The SMILES string of the molecule is C[C@@H](NC(=O)CNC(=O)[C@H](NC(=O)[C@H](Cc1ccccc1)NC(=O)CNC(=O)CNC(=O)[C@@H](N)Cc1ccccc1)[C@@H](C)O)C(=O)N[C@@H](CCCN=C(N)N)C(=O)N[C@H](CCCCN)C(=O)N[C@H](CO)C(=O)N[C@H](C)C(=O)N[C@@H](CCCN=C(N)N)C(=O)N[C@H](CCCCN)C(N)=O.